The third kappa shape index (κ3) is 4.20. The van der Waals surface area contributed by atoms with E-state index >= 15 is 0 Å². The Kier molecular flexibility index (Phi) is 5.34. The topological polar surface area (TPSA) is 85.9 Å². The van der Waals surface area contributed by atoms with E-state index in [-0.39, 0.29) is 23.9 Å². The van der Waals surface area contributed by atoms with Crippen molar-refractivity contribution in [1.82, 2.24) is 25.0 Å². The molecule has 0 bridgehead atoms. The smallest absolute Gasteiger partial charge is 0.317 e. The number of nitrogens with zero attached hydrogens (tertiary/aromatic N) is 4. The van der Waals surface area contributed by atoms with Crippen molar-refractivity contribution >= 4 is 17.8 Å². The second kappa shape index (κ2) is 7.54. The summed E-state index contributed by atoms with van der Waals surface area (Å²) in [6.07, 6.45) is 1.93. The first kappa shape index (κ1) is 19.1. The van der Waals surface area contributed by atoms with Gasteiger partial charge in [-0.2, -0.15) is 0 Å². The van der Waals surface area contributed by atoms with Crippen LogP contribution in [0.15, 0.2) is 24.4 Å². The van der Waals surface area contributed by atoms with E-state index in [9.17, 15) is 14.4 Å². The first-order valence-electron chi connectivity index (χ1n) is 9.29. The van der Waals surface area contributed by atoms with Crippen molar-refractivity contribution < 1.29 is 14.4 Å². The number of hydrogen-bond acceptors (Lipinski definition) is 4. The summed E-state index contributed by atoms with van der Waals surface area (Å²) < 4.78 is 0. The molecule has 4 amide bonds. The van der Waals surface area contributed by atoms with Gasteiger partial charge in [-0.25, -0.2) is 4.79 Å². The third-order valence-electron chi connectivity index (χ3n) is 5.09. The monoisotopic (exact) mass is 373 g/mol. The van der Waals surface area contributed by atoms with Gasteiger partial charge in [-0.1, -0.05) is 6.07 Å². The molecule has 0 aromatic carbocycles. The van der Waals surface area contributed by atoms with E-state index in [0.717, 1.165) is 0 Å². The van der Waals surface area contributed by atoms with Gasteiger partial charge < -0.3 is 20.0 Å². The number of carbonyl (C=O) groups is 3. The lowest BCUT2D eigenvalue weighted by Gasteiger charge is -2.33. The molecule has 0 aliphatic carbocycles. The van der Waals surface area contributed by atoms with Crippen LogP contribution in [0.2, 0.25) is 0 Å². The van der Waals surface area contributed by atoms with Gasteiger partial charge in [0, 0.05) is 63.8 Å². The number of likely N-dealkylation sites (tertiary alicyclic amines) is 1. The minimum atomic E-state index is -0.457. The maximum atomic E-state index is 13.0. The van der Waals surface area contributed by atoms with Gasteiger partial charge in [0.05, 0.1) is 0 Å². The molecule has 1 aromatic heterocycles. The van der Waals surface area contributed by atoms with E-state index in [1.807, 2.05) is 13.8 Å². The Hall–Kier alpha value is -2.64. The van der Waals surface area contributed by atoms with Gasteiger partial charge >= 0.3 is 6.03 Å². The van der Waals surface area contributed by atoms with Crippen molar-refractivity contribution in [2.24, 2.45) is 5.41 Å². The highest BCUT2D eigenvalue weighted by molar-refractivity contribution is 5.92. The average molecular weight is 373 g/mol. The quantitative estimate of drug-likeness (QED) is 0.831. The van der Waals surface area contributed by atoms with Crippen molar-refractivity contribution in [3.63, 3.8) is 0 Å². The van der Waals surface area contributed by atoms with Gasteiger partial charge in [-0.3, -0.25) is 14.6 Å². The molecular formula is C19H27N5O3. The van der Waals surface area contributed by atoms with Gasteiger partial charge in [0.2, 0.25) is 5.91 Å². The second-order valence-electron chi connectivity index (χ2n) is 7.89. The maximum absolute atomic E-state index is 13.0. The van der Waals surface area contributed by atoms with Crippen LogP contribution in [0.1, 0.15) is 30.8 Å². The van der Waals surface area contributed by atoms with Crippen LogP contribution >= 0.6 is 0 Å². The molecule has 8 heteroatoms. The molecule has 0 unspecified atom stereocenters. The highest BCUT2D eigenvalue weighted by atomic mass is 16.2. The normalized spacial score (nSPS) is 23.1. The SMILES string of the molecule is CC(C)NC(=O)N1CCN(C(=O)c2ccccn2)C[C@]2(CC(=O)N(C)C2)C1. The fourth-order valence-electron chi connectivity index (χ4n) is 3.91. The zero-order valence-corrected chi connectivity index (χ0v) is 16.1. The predicted octanol–water partition coefficient (Wildman–Crippen LogP) is 0.806. The van der Waals surface area contributed by atoms with Gasteiger partial charge in [0.25, 0.3) is 5.91 Å². The molecule has 2 fully saturated rings. The van der Waals surface area contributed by atoms with Crippen LogP contribution in [0.5, 0.6) is 0 Å². The zero-order chi connectivity index (χ0) is 19.6. The third-order valence-corrected chi connectivity index (χ3v) is 5.09. The molecule has 0 saturated carbocycles. The molecule has 1 atom stereocenters. The summed E-state index contributed by atoms with van der Waals surface area (Å²) in [5.41, 5.74) is -0.0772. The second-order valence-corrected chi connectivity index (χ2v) is 7.89. The summed E-state index contributed by atoms with van der Waals surface area (Å²) in [4.78, 5) is 47.1. The lowest BCUT2D eigenvalue weighted by Crippen LogP contribution is -2.49. The minimum absolute atomic E-state index is 0.0239. The Bertz CT molecular complexity index is 723. The van der Waals surface area contributed by atoms with Crippen LogP contribution in [-0.4, -0.2) is 83.3 Å². The van der Waals surface area contributed by atoms with E-state index in [0.29, 0.717) is 44.8 Å². The average Bonchev–Trinajstić information content (AvgIpc) is 2.79. The number of amides is 4. The first-order chi connectivity index (χ1) is 12.8. The molecule has 1 N–H and O–H groups in total. The van der Waals surface area contributed by atoms with Crippen molar-refractivity contribution in [2.45, 2.75) is 26.3 Å². The van der Waals surface area contributed by atoms with Crippen LogP contribution in [0.4, 0.5) is 4.79 Å². The minimum Gasteiger partial charge on any atom is -0.345 e. The molecule has 2 aliphatic heterocycles. The Labute approximate surface area is 159 Å². The van der Waals surface area contributed by atoms with Crippen molar-refractivity contribution in [1.29, 1.82) is 0 Å². The standard InChI is InChI=1S/C19H27N5O3/c1-14(2)21-18(27)24-9-8-23(17(26)15-6-4-5-7-20-15)12-19(13-24)10-16(25)22(3)11-19/h4-7,14H,8-13H2,1-3H3,(H,21,27)/t19-/m1/s1. The molecule has 3 heterocycles. The largest absolute Gasteiger partial charge is 0.345 e. The highest BCUT2D eigenvalue weighted by Crippen LogP contribution is 2.34. The zero-order valence-electron chi connectivity index (χ0n) is 16.1. The van der Waals surface area contributed by atoms with E-state index in [1.165, 1.54) is 0 Å². The fraction of sp³-hybridized carbons (Fsp3) is 0.579. The van der Waals surface area contributed by atoms with E-state index < -0.39 is 5.41 Å². The number of rotatable bonds is 2. The van der Waals surface area contributed by atoms with Crippen molar-refractivity contribution in [3.05, 3.63) is 30.1 Å². The van der Waals surface area contributed by atoms with E-state index in [1.54, 1.807) is 46.1 Å². The van der Waals surface area contributed by atoms with Crippen LogP contribution in [0.25, 0.3) is 0 Å². The van der Waals surface area contributed by atoms with Crippen LogP contribution in [-0.2, 0) is 4.79 Å². The van der Waals surface area contributed by atoms with Crippen LogP contribution in [0.3, 0.4) is 0 Å². The van der Waals surface area contributed by atoms with Crippen LogP contribution in [0, 0.1) is 5.41 Å². The summed E-state index contributed by atoms with van der Waals surface area (Å²) in [5, 5.41) is 2.92. The number of hydrogen-bond donors (Lipinski definition) is 1. The summed E-state index contributed by atoms with van der Waals surface area (Å²) in [7, 11) is 1.77. The first-order valence-corrected chi connectivity index (χ1v) is 9.29. The van der Waals surface area contributed by atoms with Crippen molar-refractivity contribution in [2.75, 3.05) is 39.8 Å². The lowest BCUT2D eigenvalue weighted by atomic mass is 9.86. The lowest BCUT2D eigenvalue weighted by molar-refractivity contribution is -0.126. The number of aromatic nitrogens is 1. The molecule has 27 heavy (non-hydrogen) atoms. The van der Waals surface area contributed by atoms with Crippen molar-refractivity contribution in [3.8, 4) is 0 Å². The van der Waals surface area contributed by atoms with E-state index in [2.05, 4.69) is 10.3 Å². The summed E-state index contributed by atoms with van der Waals surface area (Å²) in [5.74, 6) is -0.116. The van der Waals surface area contributed by atoms with Gasteiger partial charge in [-0.05, 0) is 26.0 Å². The number of carbonyl (C=O) groups excluding carboxylic acids is 3. The Morgan fingerprint density at radius 2 is 1.85 bits per heavy atom. The van der Waals surface area contributed by atoms with E-state index in [4.69, 9.17) is 0 Å². The summed E-state index contributed by atoms with van der Waals surface area (Å²) >= 11 is 0. The molecule has 3 rings (SSSR count). The molecule has 0 radical (unpaired) electrons. The number of urea groups is 1. The molecule has 2 saturated heterocycles. The molecule has 2 aliphatic rings. The molecular weight excluding hydrogens is 346 g/mol. The van der Waals surface area contributed by atoms with Gasteiger partial charge in [0.1, 0.15) is 5.69 Å². The summed E-state index contributed by atoms with van der Waals surface area (Å²) in [6, 6.07) is 5.11. The maximum Gasteiger partial charge on any atom is 0.317 e. The number of nitrogens with one attached hydrogen (secondary N) is 1. The number of pyridine rings is 1. The Balaban J connectivity index is 1.85. The molecule has 1 aromatic rings. The van der Waals surface area contributed by atoms with Crippen LogP contribution < -0.4 is 5.32 Å². The highest BCUT2D eigenvalue weighted by Gasteiger charge is 2.47. The molecule has 1 spiro atoms. The summed E-state index contributed by atoms with van der Waals surface area (Å²) in [6.45, 7) is 6.09. The fourth-order valence-corrected chi connectivity index (χ4v) is 3.91. The molecule has 146 valence electrons. The Morgan fingerprint density at radius 1 is 1.15 bits per heavy atom. The molecule has 8 nitrogen and oxygen atoms in total. The Morgan fingerprint density at radius 3 is 2.44 bits per heavy atom. The van der Waals surface area contributed by atoms with Gasteiger partial charge in [0.15, 0.2) is 0 Å². The van der Waals surface area contributed by atoms with Gasteiger partial charge in [-0.15, -0.1) is 0 Å². The predicted molar refractivity (Wildman–Crippen MR) is 100 cm³/mol.